The molecule has 53 heavy (non-hydrogen) atoms. The van der Waals surface area contributed by atoms with Crippen molar-refractivity contribution in [1.82, 2.24) is 31.1 Å². The number of carbonyl (C=O) groups excluding carboxylic acids is 3. The molecular weight excluding hydrogens is 665 g/mol. The monoisotopic (exact) mass is 718 g/mol. The van der Waals surface area contributed by atoms with Crippen LogP contribution in [0, 0.1) is 24.7 Å². The Kier molecular flexibility index (Phi) is 12.7. The number of nitrogens with zero attached hydrogens (tertiary/aromatic N) is 2. The van der Waals surface area contributed by atoms with Crippen LogP contribution in [0.15, 0.2) is 66.7 Å². The lowest BCUT2D eigenvalue weighted by atomic mass is 9.81. The van der Waals surface area contributed by atoms with Crippen LogP contribution in [0.5, 0.6) is 0 Å². The molecule has 11 heteroatoms. The molecule has 0 radical (unpaired) electrons. The number of carbonyl (C=O) groups is 3. The zero-order chi connectivity index (χ0) is 37.3. The first-order valence-corrected chi connectivity index (χ1v) is 19.2. The highest BCUT2D eigenvalue weighted by molar-refractivity contribution is 5.98. The largest absolute Gasteiger partial charge is 0.349 e. The van der Waals surface area contributed by atoms with Gasteiger partial charge < -0.3 is 27.0 Å². The molecular formula is C42H54N8O3. The fourth-order valence-corrected chi connectivity index (χ4v) is 7.41. The normalized spacial score (nSPS) is 18.4. The number of piperidine rings is 1. The van der Waals surface area contributed by atoms with Gasteiger partial charge in [-0.05, 0) is 136 Å². The summed E-state index contributed by atoms with van der Waals surface area (Å²) < 4.78 is 0. The lowest BCUT2D eigenvalue weighted by Crippen LogP contribution is -2.48. The number of amides is 3. The van der Waals surface area contributed by atoms with Crippen LogP contribution in [0.1, 0.15) is 79.7 Å². The smallest absolute Gasteiger partial charge is 0.251 e. The summed E-state index contributed by atoms with van der Waals surface area (Å²) in [6.07, 6.45) is 6.42. The molecule has 1 aliphatic heterocycles. The second kappa shape index (κ2) is 17.8. The number of hydrogen-bond acceptors (Lipinski definition) is 7. The number of benzene rings is 3. The minimum Gasteiger partial charge on any atom is -0.349 e. The van der Waals surface area contributed by atoms with E-state index in [1.807, 2.05) is 73.7 Å². The van der Waals surface area contributed by atoms with Crippen LogP contribution in [0.3, 0.4) is 0 Å². The number of H-pyrrole nitrogens is 1. The lowest BCUT2D eigenvalue weighted by molar-refractivity contribution is -0.130. The van der Waals surface area contributed by atoms with Crippen LogP contribution < -0.4 is 27.0 Å². The van der Waals surface area contributed by atoms with E-state index in [0.717, 1.165) is 91.7 Å². The molecule has 6 rings (SSSR count). The summed E-state index contributed by atoms with van der Waals surface area (Å²) in [5.74, 6) is 1.83. The van der Waals surface area contributed by atoms with Crippen molar-refractivity contribution in [2.24, 2.45) is 23.5 Å². The van der Waals surface area contributed by atoms with Crippen molar-refractivity contribution < 1.29 is 14.4 Å². The zero-order valence-electron chi connectivity index (χ0n) is 31.2. The molecule has 1 saturated carbocycles. The van der Waals surface area contributed by atoms with Gasteiger partial charge in [0.15, 0.2) is 5.82 Å². The Labute approximate surface area is 312 Å². The van der Waals surface area contributed by atoms with Gasteiger partial charge in [0, 0.05) is 41.6 Å². The number of aromatic nitrogens is 3. The predicted molar refractivity (Wildman–Crippen MR) is 209 cm³/mol. The minimum atomic E-state index is -0.772. The molecule has 4 aromatic rings. The van der Waals surface area contributed by atoms with E-state index in [1.165, 1.54) is 0 Å². The molecule has 11 nitrogen and oxygen atoms in total. The van der Waals surface area contributed by atoms with Crippen molar-refractivity contribution in [2.45, 2.75) is 84.2 Å². The van der Waals surface area contributed by atoms with Crippen molar-refractivity contribution in [1.29, 1.82) is 0 Å². The van der Waals surface area contributed by atoms with Gasteiger partial charge in [-0.3, -0.25) is 19.5 Å². The van der Waals surface area contributed by atoms with Crippen molar-refractivity contribution in [3.05, 3.63) is 89.2 Å². The van der Waals surface area contributed by atoms with E-state index in [2.05, 4.69) is 50.3 Å². The van der Waals surface area contributed by atoms with E-state index < -0.39 is 6.04 Å². The molecule has 7 N–H and O–H groups in total. The third-order valence-electron chi connectivity index (χ3n) is 10.6. The molecule has 0 unspecified atom stereocenters. The minimum absolute atomic E-state index is 0.0398. The Hall–Kier alpha value is -4.87. The Balaban J connectivity index is 1.13. The summed E-state index contributed by atoms with van der Waals surface area (Å²) >= 11 is 0. The van der Waals surface area contributed by atoms with Gasteiger partial charge >= 0.3 is 0 Å². The van der Waals surface area contributed by atoms with Gasteiger partial charge in [0.25, 0.3) is 5.91 Å². The quantitative estimate of drug-likeness (QED) is 0.105. The maximum Gasteiger partial charge on any atom is 0.251 e. The summed E-state index contributed by atoms with van der Waals surface area (Å²) in [6.45, 7) is 8.77. The molecule has 2 aliphatic rings. The van der Waals surface area contributed by atoms with E-state index in [9.17, 15) is 14.4 Å². The predicted octanol–water partition coefficient (Wildman–Crippen LogP) is 5.56. The van der Waals surface area contributed by atoms with Crippen molar-refractivity contribution in [3.8, 4) is 22.5 Å². The standard InChI is InChI=1S/C42H54N8O3/c1-26(2)22-38-48-39(50-49-38)31-12-15-34(16-13-31)46-42(53)37(47-40(51)32-10-6-29(25-43)7-11-32)24-28-4-8-30(9-5-28)36-17-14-33(23-27(36)3)41(52)45-35-18-20-44-21-19-35/h4-5,8-9,12-17,23,26,29,32,35,37,44H,6-7,10-11,18-22,24-25,43H2,1-3H3,(H,45,52)(H,46,53)(H,47,51)(H,48,49,50)/t29?,32?,37-/m0/s1. The first-order chi connectivity index (χ1) is 25.6. The molecule has 1 atom stereocenters. The first kappa shape index (κ1) is 37.9. The van der Waals surface area contributed by atoms with E-state index in [1.54, 1.807) is 0 Å². The van der Waals surface area contributed by atoms with Gasteiger partial charge in [0.2, 0.25) is 11.8 Å². The second-order valence-corrected chi connectivity index (χ2v) is 15.2. The van der Waals surface area contributed by atoms with Crippen LogP contribution in [0.2, 0.25) is 0 Å². The molecule has 1 aliphatic carbocycles. The summed E-state index contributed by atoms with van der Waals surface area (Å²) in [7, 11) is 0. The molecule has 0 spiro atoms. The number of nitrogens with one attached hydrogen (secondary N) is 5. The van der Waals surface area contributed by atoms with Gasteiger partial charge in [0.1, 0.15) is 11.9 Å². The Morgan fingerprint density at radius 1 is 0.868 bits per heavy atom. The van der Waals surface area contributed by atoms with E-state index in [-0.39, 0.29) is 29.7 Å². The maximum absolute atomic E-state index is 13.8. The number of anilines is 1. The zero-order valence-corrected chi connectivity index (χ0v) is 31.2. The highest BCUT2D eigenvalue weighted by atomic mass is 16.2. The van der Waals surface area contributed by atoms with Gasteiger partial charge in [-0.1, -0.05) is 44.2 Å². The highest BCUT2D eigenvalue weighted by Crippen LogP contribution is 2.29. The van der Waals surface area contributed by atoms with Crippen LogP contribution >= 0.6 is 0 Å². The summed E-state index contributed by atoms with van der Waals surface area (Å²) in [5.41, 5.74) is 12.0. The molecule has 2 fully saturated rings. The molecule has 280 valence electrons. The van der Waals surface area contributed by atoms with E-state index in [4.69, 9.17) is 5.73 Å². The summed E-state index contributed by atoms with van der Waals surface area (Å²) in [5, 5.41) is 20.0. The van der Waals surface area contributed by atoms with Gasteiger partial charge in [-0.25, -0.2) is 4.98 Å². The maximum atomic E-state index is 13.8. The molecule has 3 aromatic carbocycles. The van der Waals surface area contributed by atoms with Crippen molar-refractivity contribution in [3.63, 3.8) is 0 Å². The Bertz CT molecular complexity index is 1840. The van der Waals surface area contributed by atoms with Crippen LogP contribution in [-0.4, -0.2) is 64.6 Å². The van der Waals surface area contributed by atoms with Crippen LogP contribution in [-0.2, 0) is 22.4 Å². The first-order valence-electron chi connectivity index (χ1n) is 19.2. The van der Waals surface area contributed by atoms with Gasteiger partial charge in [-0.2, -0.15) is 5.10 Å². The highest BCUT2D eigenvalue weighted by Gasteiger charge is 2.29. The third kappa shape index (κ3) is 10.2. The van der Waals surface area contributed by atoms with Crippen molar-refractivity contribution in [2.75, 3.05) is 25.0 Å². The number of aromatic amines is 1. The van der Waals surface area contributed by atoms with Gasteiger partial charge in [-0.15, -0.1) is 0 Å². The second-order valence-electron chi connectivity index (χ2n) is 15.2. The van der Waals surface area contributed by atoms with Gasteiger partial charge in [0.05, 0.1) is 0 Å². The Morgan fingerprint density at radius 2 is 1.57 bits per heavy atom. The molecule has 1 saturated heterocycles. The SMILES string of the molecule is Cc1cc(C(=O)NC2CCNCC2)ccc1-c1ccc(C[C@H](NC(=O)C2CCC(CN)CC2)C(=O)Nc2ccc(-c3n[nH]c(CC(C)C)n3)cc2)cc1. The van der Waals surface area contributed by atoms with Crippen LogP contribution in [0.25, 0.3) is 22.5 Å². The topological polar surface area (TPSA) is 167 Å². The summed E-state index contributed by atoms with van der Waals surface area (Å²) in [6, 6.07) is 20.8. The average Bonchev–Trinajstić information content (AvgIpc) is 3.63. The number of rotatable bonds is 13. The number of hydrogen-bond donors (Lipinski definition) is 6. The lowest BCUT2D eigenvalue weighted by Gasteiger charge is -2.28. The fourth-order valence-electron chi connectivity index (χ4n) is 7.41. The van der Waals surface area contributed by atoms with E-state index in [0.29, 0.717) is 41.9 Å². The molecule has 3 amide bonds. The fraction of sp³-hybridized carbons (Fsp3) is 0.452. The number of nitrogens with two attached hydrogens (primary N) is 1. The molecule has 2 heterocycles. The Morgan fingerprint density at radius 3 is 2.23 bits per heavy atom. The third-order valence-corrected chi connectivity index (χ3v) is 10.6. The molecule has 0 bridgehead atoms. The average molecular weight is 719 g/mol. The van der Waals surface area contributed by atoms with Crippen molar-refractivity contribution >= 4 is 23.4 Å². The molecule has 1 aromatic heterocycles. The summed E-state index contributed by atoms with van der Waals surface area (Å²) in [4.78, 5) is 44.9. The van der Waals surface area contributed by atoms with E-state index >= 15 is 0 Å². The van der Waals surface area contributed by atoms with Crippen LogP contribution in [0.4, 0.5) is 5.69 Å². The number of aryl methyl sites for hydroxylation is 1.